The molecule has 2 N–H and O–H groups in total. The van der Waals surface area contributed by atoms with Gasteiger partial charge in [-0.15, -0.1) is 0 Å². The van der Waals surface area contributed by atoms with Gasteiger partial charge in [-0.05, 0) is 38.7 Å². The fraction of sp³-hybridized carbons (Fsp3) is 0.429. The van der Waals surface area contributed by atoms with Gasteiger partial charge in [-0.2, -0.15) is 0 Å². The average molecular weight is 262 g/mol. The van der Waals surface area contributed by atoms with Crippen LogP contribution in [0.4, 0.5) is 0 Å². The van der Waals surface area contributed by atoms with Gasteiger partial charge in [0.1, 0.15) is 11.5 Å². The molecule has 0 aromatic carbocycles. The Hall–Kier alpha value is -2.04. The molecule has 1 atom stereocenters. The van der Waals surface area contributed by atoms with E-state index in [0.717, 1.165) is 12.8 Å². The second kappa shape index (κ2) is 5.73. The molecular formula is C14H18N2O3. The lowest BCUT2D eigenvalue weighted by molar-refractivity contribution is -0.122. The van der Waals surface area contributed by atoms with Crippen LogP contribution in [-0.4, -0.2) is 11.8 Å². The van der Waals surface area contributed by atoms with Gasteiger partial charge >= 0.3 is 0 Å². The summed E-state index contributed by atoms with van der Waals surface area (Å²) in [6, 6.07) is 1.65. The van der Waals surface area contributed by atoms with E-state index in [1.807, 2.05) is 6.08 Å². The molecule has 1 aliphatic rings. The zero-order valence-electron chi connectivity index (χ0n) is 11.2. The first-order valence-corrected chi connectivity index (χ1v) is 6.39. The minimum Gasteiger partial charge on any atom is -0.466 e. The number of hydrazine groups is 1. The summed E-state index contributed by atoms with van der Waals surface area (Å²) in [6.45, 7) is 3.49. The Morgan fingerprint density at radius 1 is 1.37 bits per heavy atom. The minimum absolute atomic E-state index is 0.178. The van der Waals surface area contributed by atoms with E-state index < -0.39 is 0 Å². The third-order valence-electron chi connectivity index (χ3n) is 3.16. The van der Waals surface area contributed by atoms with Crippen LogP contribution in [0.15, 0.2) is 22.6 Å². The predicted octanol–water partition coefficient (Wildman–Crippen LogP) is 2.01. The average Bonchev–Trinajstić information content (AvgIpc) is 2.96. The Kier molecular flexibility index (Phi) is 4.04. The molecule has 1 aromatic rings. The van der Waals surface area contributed by atoms with Crippen molar-refractivity contribution in [1.29, 1.82) is 0 Å². The quantitative estimate of drug-likeness (QED) is 0.646. The molecule has 0 fully saturated rings. The lowest BCUT2D eigenvalue weighted by atomic mass is 10.1. The van der Waals surface area contributed by atoms with Gasteiger partial charge in [-0.25, -0.2) is 0 Å². The molecular weight excluding hydrogens is 244 g/mol. The van der Waals surface area contributed by atoms with Crippen LogP contribution in [0, 0.1) is 19.8 Å². The van der Waals surface area contributed by atoms with E-state index >= 15 is 0 Å². The van der Waals surface area contributed by atoms with Crippen molar-refractivity contribution in [3.8, 4) is 0 Å². The van der Waals surface area contributed by atoms with Gasteiger partial charge in [0.2, 0.25) is 5.91 Å². The standard InChI is InChI=1S/C14H18N2O3/c1-9-7-12(10(2)19-9)14(18)16-15-13(17)8-11-5-3-4-6-11/h3,5,7,11H,4,6,8H2,1-2H3,(H,15,17)(H,16,18). The molecule has 5 heteroatoms. The van der Waals surface area contributed by atoms with E-state index in [4.69, 9.17) is 4.42 Å². The second-order valence-corrected chi connectivity index (χ2v) is 4.80. The first-order chi connectivity index (χ1) is 9.06. The summed E-state index contributed by atoms with van der Waals surface area (Å²) in [5.74, 6) is 0.968. The Bertz CT molecular complexity index is 517. The molecule has 102 valence electrons. The number of nitrogens with one attached hydrogen (secondary N) is 2. The highest BCUT2D eigenvalue weighted by atomic mass is 16.3. The topological polar surface area (TPSA) is 71.3 Å². The van der Waals surface area contributed by atoms with Crippen LogP contribution in [0.25, 0.3) is 0 Å². The summed E-state index contributed by atoms with van der Waals surface area (Å²) in [7, 11) is 0. The Balaban J connectivity index is 1.81. The van der Waals surface area contributed by atoms with Crippen LogP contribution >= 0.6 is 0 Å². The van der Waals surface area contributed by atoms with Crippen LogP contribution in [0.2, 0.25) is 0 Å². The fourth-order valence-electron chi connectivity index (χ4n) is 2.20. The van der Waals surface area contributed by atoms with Gasteiger partial charge in [0.25, 0.3) is 5.91 Å². The molecule has 1 heterocycles. The van der Waals surface area contributed by atoms with E-state index in [9.17, 15) is 9.59 Å². The van der Waals surface area contributed by atoms with Crippen molar-refractivity contribution >= 4 is 11.8 Å². The van der Waals surface area contributed by atoms with Crippen LogP contribution in [0.5, 0.6) is 0 Å². The molecule has 0 radical (unpaired) electrons. The molecule has 1 aliphatic carbocycles. The number of aryl methyl sites for hydroxylation is 2. The van der Waals surface area contributed by atoms with Gasteiger partial charge < -0.3 is 4.42 Å². The van der Waals surface area contributed by atoms with E-state index in [1.165, 1.54) is 0 Å². The first-order valence-electron chi connectivity index (χ1n) is 6.39. The highest BCUT2D eigenvalue weighted by Crippen LogP contribution is 2.19. The molecule has 0 saturated carbocycles. The summed E-state index contributed by atoms with van der Waals surface area (Å²) in [6.07, 6.45) is 6.55. The highest BCUT2D eigenvalue weighted by molar-refractivity contribution is 5.96. The van der Waals surface area contributed by atoms with Crippen molar-refractivity contribution in [1.82, 2.24) is 10.9 Å². The monoisotopic (exact) mass is 262 g/mol. The molecule has 0 saturated heterocycles. The number of carbonyl (C=O) groups is 2. The van der Waals surface area contributed by atoms with Gasteiger partial charge in [-0.1, -0.05) is 12.2 Å². The number of rotatable bonds is 3. The highest BCUT2D eigenvalue weighted by Gasteiger charge is 2.16. The van der Waals surface area contributed by atoms with Crippen LogP contribution in [0.1, 0.15) is 41.1 Å². The molecule has 0 spiro atoms. The molecule has 2 amide bonds. The number of amides is 2. The van der Waals surface area contributed by atoms with Crippen LogP contribution < -0.4 is 10.9 Å². The Morgan fingerprint density at radius 2 is 2.16 bits per heavy atom. The van der Waals surface area contributed by atoms with Crippen molar-refractivity contribution in [3.05, 3.63) is 35.3 Å². The van der Waals surface area contributed by atoms with Crippen molar-refractivity contribution in [3.63, 3.8) is 0 Å². The zero-order valence-corrected chi connectivity index (χ0v) is 11.2. The summed E-state index contributed by atoms with van der Waals surface area (Å²) >= 11 is 0. The third-order valence-corrected chi connectivity index (χ3v) is 3.16. The summed E-state index contributed by atoms with van der Waals surface area (Å²) in [5, 5.41) is 0. The second-order valence-electron chi connectivity index (χ2n) is 4.80. The SMILES string of the molecule is Cc1cc(C(=O)NNC(=O)CC2C=CCC2)c(C)o1. The molecule has 0 bridgehead atoms. The predicted molar refractivity (Wildman–Crippen MR) is 70.3 cm³/mol. The van der Waals surface area contributed by atoms with Gasteiger partial charge in [0.15, 0.2) is 0 Å². The Morgan fingerprint density at radius 3 is 2.74 bits per heavy atom. The summed E-state index contributed by atoms with van der Waals surface area (Å²) in [4.78, 5) is 23.5. The lowest BCUT2D eigenvalue weighted by Crippen LogP contribution is -2.42. The summed E-state index contributed by atoms with van der Waals surface area (Å²) in [5.41, 5.74) is 5.28. The first kappa shape index (κ1) is 13.4. The maximum absolute atomic E-state index is 11.8. The molecule has 19 heavy (non-hydrogen) atoms. The van der Waals surface area contributed by atoms with Crippen molar-refractivity contribution < 1.29 is 14.0 Å². The van der Waals surface area contributed by atoms with E-state index in [1.54, 1.807) is 19.9 Å². The molecule has 2 rings (SSSR count). The van der Waals surface area contributed by atoms with Gasteiger partial charge in [0.05, 0.1) is 5.56 Å². The van der Waals surface area contributed by atoms with E-state index in [-0.39, 0.29) is 17.7 Å². The molecule has 1 unspecified atom stereocenters. The molecule has 0 aliphatic heterocycles. The summed E-state index contributed by atoms with van der Waals surface area (Å²) < 4.78 is 5.27. The van der Waals surface area contributed by atoms with Crippen LogP contribution in [0.3, 0.4) is 0 Å². The largest absolute Gasteiger partial charge is 0.466 e. The van der Waals surface area contributed by atoms with Crippen molar-refractivity contribution in [2.24, 2.45) is 5.92 Å². The van der Waals surface area contributed by atoms with Gasteiger partial charge in [-0.3, -0.25) is 20.4 Å². The number of allylic oxidation sites excluding steroid dienone is 2. The molecule has 1 aromatic heterocycles. The lowest BCUT2D eigenvalue weighted by Gasteiger charge is -2.09. The number of furan rings is 1. The molecule has 5 nitrogen and oxygen atoms in total. The normalized spacial score (nSPS) is 17.5. The minimum atomic E-state index is -0.357. The fourth-order valence-corrected chi connectivity index (χ4v) is 2.20. The van der Waals surface area contributed by atoms with E-state index in [0.29, 0.717) is 23.5 Å². The number of hydrogen-bond acceptors (Lipinski definition) is 3. The smallest absolute Gasteiger partial charge is 0.273 e. The van der Waals surface area contributed by atoms with Crippen molar-refractivity contribution in [2.45, 2.75) is 33.1 Å². The zero-order chi connectivity index (χ0) is 13.8. The third kappa shape index (κ3) is 3.47. The maximum atomic E-state index is 11.8. The van der Waals surface area contributed by atoms with Crippen LogP contribution in [-0.2, 0) is 4.79 Å². The van der Waals surface area contributed by atoms with Gasteiger partial charge in [0, 0.05) is 6.42 Å². The Labute approximate surface area is 112 Å². The number of carbonyl (C=O) groups excluding carboxylic acids is 2. The number of hydrogen-bond donors (Lipinski definition) is 2. The maximum Gasteiger partial charge on any atom is 0.273 e. The van der Waals surface area contributed by atoms with E-state index in [2.05, 4.69) is 16.9 Å². The van der Waals surface area contributed by atoms with Crippen molar-refractivity contribution in [2.75, 3.05) is 0 Å².